The fraction of sp³-hybridized carbons (Fsp3) is 0.625. The Balaban J connectivity index is 2.61. The molecule has 0 bridgehead atoms. The standard InChI is InChI=1S/C16H28N2O/c1-5-14(2)18(10-11-19-4)13-16-8-6-15(7-9-16)12-17-3/h6-9,14,17H,5,10-13H2,1-4H3. The Kier molecular flexibility index (Phi) is 7.72. The molecule has 1 aromatic rings. The molecule has 108 valence electrons. The van der Waals surface area contributed by atoms with Crippen LogP contribution in [0.25, 0.3) is 0 Å². The van der Waals surface area contributed by atoms with Crippen molar-refractivity contribution in [2.24, 2.45) is 0 Å². The van der Waals surface area contributed by atoms with E-state index in [4.69, 9.17) is 4.74 Å². The zero-order chi connectivity index (χ0) is 14.1. The van der Waals surface area contributed by atoms with Gasteiger partial charge in [-0.2, -0.15) is 0 Å². The van der Waals surface area contributed by atoms with Gasteiger partial charge in [0.1, 0.15) is 0 Å². The summed E-state index contributed by atoms with van der Waals surface area (Å²) >= 11 is 0. The van der Waals surface area contributed by atoms with Crippen LogP contribution < -0.4 is 5.32 Å². The van der Waals surface area contributed by atoms with Crippen LogP contribution in [0.15, 0.2) is 24.3 Å². The Hall–Kier alpha value is -0.900. The number of hydrogen-bond donors (Lipinski definition) is 1. The average molecular weight is 264 g/mol. The van der Waals surface area contributed by atoms with Gasteiger partial charge in [-0.25, -0.2) is 0 Å². The van der Waals surface area contributed by atoms with Gasteiger partial charge in [0.15, 0.2) is 0 Å². The monoisotopic (exact) mass is 264 g/mol. The highest BCUT2D eigenvalue weighted by Gasteiger charge is 2.12. The summed E-state index contributed by atoms with van der Waals surface area (Å²) in [6, 6.07) is 9.46. The quantitative estimate of drug-likeness (QED) is 0.742. The molecule has 0 aliphatic rings. The third-order valence-electron chi connectivity index (χ3n) is 3.59. The van der Waals surface area contributed by atoms with Crippen LogP contribution in [-0.2, 0) is 17.8 Å². The van der Waals surface area contributed by atoms with Crippen LogP contribution in [0.3, 0.4) is 0 Å². The van der Waals surface area contributed by atoms with E-state index in [2.05, 4.69) is 48.3 Å². The van der Waals surface area contributed by atoms with E-state index >= 15 is 0 Å². The van der Waals surface area contributed by atoms with E-state index < -0.39 is 0 Å². The van der Waals surface area contributed by atoms with Crippen molar-refractivity contribution >= 4 is 0 Å². The van der Waals surface area contributed by atoms with Crippen LogP contribution in [0.1, 0.15) is 31.4 Å². The second kappa shape index (κ2) is 9.08. The number of methoxy groups -OCH3 is 1. The number of hydrogen-bond acceptors (Lipinski definition) is 3. The zero-order valence-electron chi connectivity index (χ0n) is 12.8. The molecule has 1 aromatic carbocycles. The first-order valence-electron chi connectivity index (χ1n) is 7.16. The van der Waals surface area contributed by atoms with Crippen molar-refractivity contribution in [3.8, 4) is 0 Å². The van der Waals surface area contributed by atoms with Gasteiger partial charge in [0.2, 0.25) is 0 Å². The molecule has 1 atom stereocenters. The number of benzene rings is 1. The lowest BCUT2D eigenvalue weighted by molar-refractivity contribution is 0.118. The van der Waals surface area contributed by atoms with Crippen molar-refractivity contribution in [1.29, 1.82) is 0 Å². The van der Waals surface area contributed by atoms with Gasteiger partial charge in [0.05, 0.1) is 6.61 Å². The Labute approximate surface area is 118 Å². The van der Waals surface area contributed by atoms with Gasteiger partial charge in [-0.3, -0.25) is 4.90 Å². The molecule has 0 fully saturated rings. The maximum Gasteiger partial charge on any atom is 0.0589 e. The Morgan fingerprint density at radius 1 is 1.21 bits per heavy atom. The summed E-state index contributed by atoms with van der Waals surface area (Å²) < 4.78 is 5.21. The molecule has 0 saturated heterocycles. The smallest absolute Gasteiger partial charge is 0.0589 e. The predicted octanol–water partition coefficient (Wildman–Crippen LogP) is 2.65. The van der Waals surface area contributed by atoms with Gasteiger partial charge < -0.3 is 10.1 Å². The van der Waals surface area contributed by atoms with Crippen molar-refractivity contribution in [3.05, 3.63) is 35.4 Å². The lowest BCUT2D eigenvalue weighted by Gasteiger charge is -2.28. The van der Waals surface area contributed by atoms with E-state index in [0.717, 1.165) is 26.2 Å². The molecule has 0 aliphatic heterocycles. The van der Waals surface area contributed by atoms with Gasteiger partial charge in [0, 0.05) is 32.8 Å². The molecule has 0 heterocycles. The summed E-state index contributed by atoms with van der Waals surface area (Å²) in [6.45, 7) is 8.23. The summed E-state index contributed by atoms with van der Waals surface area (Å²) in [5.74, 6) is 0. The van der Waals surface area contributed by atoms with E-state index in [1.807, 2.05) is 7.05 Å². The van der Waals surface area contributed by atoms with Crippen LogP contribution in [-0.4, -0.2) is 38.3 Å². The number of ether oxygens (including phenoxy) is 1. The highest BCUT2D eigenvalue weighted by molar-refractivity contribution is 5.22. The predicted molar refractivity (Wildman–Crippen MR) is 81.2 cm³/mol. The van der Waals surface area contributed by atoms with Gasteiger partial charge in [-0.05, 0) is 31.5 Å². The minimum absolute atomic E-state index is 0.590. The molecule has 3 heteroatoms. The summed E-state index contributed by atoms with van der Waals surface area (Å²) in [7, 11) is 3.74. The topological polar surface area (TPSA) is 24.5 Å². The van der Waals surface area contributed by atoms with Crippen molar-refractivity contribution in [2.45, 2.75) is 39.4 Å². The highest BCUT2D eigenvalue weighted by atomic mass is 16.5. The molecule has 3 nitrogen and oxygen atoms in total. The molecule has 1 rings (SSSR count). The average Bonchev–Trinajstić information content (AvgIpc) is 2.44. The summed E-state index contributed by atoms with van der Waals surface area (Å²) in [4.78, 5) is 2.48. The van der Waals surface area contributed by atoms with Crippen molar-refractivity contribution in [2.75, 3.05) is 27.3 Å². The Bertz CT molecular complexity index is 337. The summed E-state index contributed by atoms with van der Waals surface area (Å²) in [5, 5.41) is 3.17. The second-order valence-electron chi connectivity index (χ2n) is 5.07. The molecule has 0 amide bonds. The minimum Gasteiger partial charge on any atom is -0.383 e. The lowest BCUT2D eigenvalue weighted by atomic mass is 10.1. The molecule has 0 aromatic heterocycles. The largest absolute Gasteiger partial charge is 0.383 e. The minimum atomic E-state index is 0.590. The van der Waals surface area contributed by atoms with Crippen molar-refractivity contribution < 1.29 is 4.74 Å². The first-order valence-corrected chi connectivity index (χ1v) is 7.16. The highest BCUT2D eigenvalue weighted by Crippen LogP contribution is 2.11. The van der Waals surface area contributed by atoms with Gasteiger partial charge >= 0.3 is 0 Å². The van der Waals surface area contributed by atoms with E-state index in [1.165, 1.54) is 17.5 Å². The van der Waals surface area contributed by atoms with Gasteiger partial charge in [0.25, 0.3) is 0 Å². The van der Waals surface area contributed by atoms with Crippen molar-refractivity contribution in [3.63, 3.8) is 0 Å². The van der Waals surface area contributed by atoms with Crippen LogP contribution in [0.5, 0.6) is 0 Å². The van der Waals surface area contributed by atoms with Crippen LogP contribution in [0.2, 0.25) is 0 Å². The molecule has 19 heavy (non-hydrogen) atoms. The number of nitrogens with one attached hydrogen (secondary N) is 1. The van der Waals surface area contributed by atoms with E-state index in [-0.39, 0.29) is 0 Å². The fourth-order valence-electron chi connectivity index (χ4n) is 2.12. The zero-order valence-corrected chi connectivity index (χ0v) is 12.8. The van der Waals surface area contributed by atoms with E-state index in [0.29, 0.717) is 6.04 Å². The van der Waals surface area contributed by atoms with E-state index in [9.17, 15) is 0 Å². The molecule has 1 unspecified atom stereocenters. The maximum atomic E-state index is 5.21. The third-order valence-corrected chi connectivity index (χ3v) is 3.59. The molecule has 0 aliphatic carbocycles. The SMILES string of the molecule is CCC(C)N(CCOC)Cc1ccc(CNC)cc1. The summed E-state index contributed by atoms with van der Waals surface area (Å²) in [6.07, 6.45) is 1.17. The maximum absolute atomic E-state index is 5.21. The lowest BCUT2D eigenvalue weighted by Crippen LogP contribution is -2.34. The van der Waals surface area contributed by atoms with Crippen molar-refractivity contribution in [1.82, 2.24) is 10.2 Å². The molecule has 0 spiro atoms. The van der Waals surface area contributed by atoms with Gasteiger partial charge in [-0.1, -0.05) is 31.2 Å². The molecule has 0 radical (unpaired) electrons. The first kappa shape index (κ1) is 16.2. The van der Waals surface area contributed by atoms with E-state index in [1.54, 1.807) is 7.11 Å². The number of nitrogens with zero attached hydrogens (tertiary/aromatic N) is 1. The Morgan fingerprint density at radius 3 is 2.37 bits per heavy atom. The summed E-state index contributed by atoms with van der Waals surface area (Å²) in [5.41, 5.74) is 2.70. The Morgan fingerprint density at radius 2 is 1.84 bits per heavy atom. The molecular formula is C16H28N2O. The molecule has 1 N–H and O–H groups in total. The fourth-order valence-corrected chi connectivity index (χ4v) is 2.12. The van der Waals surface area contributed by atoms with Gasteiger partial charge in [-0.15, -0.1) is 0 Å². The van der Waals surface area contributed by atoms with Crippen LogP contribution >= 0.6 is 0 Å². The normalized spacial score (nSPS) is 12.9. The van der Waals surface area contributed by atoms with Crippen LogP contribution in [0.4, 0.5) is 0 Å². The number of rotatable bonds is 9. The second-order valence-corrected chi connectivity index (χ2v) is 5.07. The first-order chi connectivity index (χ1) is 9.21. The molecular weight excluding hydrogens is 236 g/mol. The van der Waals surface area contributed by atoms with Crippen LogP contribution in [0, 0.1) is 0 Å². The third kappa shape index (κ3) is 5.72. The molecule has 0 saturated carbocycles.